The van der Waals surface area contributed by atoms with Gasteiger partial charge in [-0.1, -0.05) is 6.07 Å². The maximum absolute atomic E-state index is 12.6. The summed E-state index contributed by atoms with van der Waals surface area (Å²) in [6, 6.07) is 9.64. The number of pyridine rings is 1. The summed E-state index contributed by atoms with van der Waals surface area (Å²) in [6.07, 6.45) is 3.55. The summed E-state index contributed by atoms with van der Waals surface area (Å²) < 4.78 is 2.08. The molecule has 1 aliphatic rings. The molecule has 4 rings (SSSR count). The summed E-state index contributed by atoms with van der Waals surface area (Å²) in [7, 11) is 6.06. The Bertz CT molecular complexity index is 974. The van der Waals surface area contributed by atoms with Gasteiger partial charge in [-0.25, -0.2) is 0 Å². The average molecular weight is 364 g/mol. The fourth-order valence-electron chi connectivity index (χ4n) is 3.58. The number of aromatic nitrogens is 4. The van der Waals surface area contributed by atoms with Gasteiger partial charge >= 0.3 is 0 Å². The SMILES string of the molecule is CN(C)Cc1nnc(C2CC(NC(=O)c3ccc4ncccc4c3)C2)n1C. The zero-order valence-corrected chi connectivity index (χ0v) is 15.9. The van der Waals surface area contributed by atoms with Crippen LogP contribution in [0.4, 0.5) is 0 Å². The van der Waals surface area contributed by atoms with E-state index in [1.165, 1.54) is 0 Å². The average Bonchev–Trinajstić information content (AvgIpc) is 2.97. The third-order valence-corrected chi connectivity index (χ3v) is 5.16. The van der Waals surface area contributed by atoms with Crippen LogP contribution in [0.15, 0.2) is 36.5 Å². The smallest absolute Gasteiger partial charge is 0.251 e. The largest absolute Gasteiger partial charge is 0.349 e. The zero-order chi connectivity index (χ0) is 19.0. The number of hydrogen-bond acceptors (Lipinski definition) is 5. The van der Waals surface area contributed by atoms with Crippen LogP contribution in [-0.2, 0) is 13.6 Å². The van der Waals surface area contributed by atoms with Crippen LogP contribution in [-0.4, -0.2) is 50.7 Å². The lowest BCUT2D eigenvalue weighted by molar-refractivity contribution is 0.0907. The van der Waals surface area contributed by atoms with Crippen molar-refractivity contribution in [3.8, 4) is 0 Å². The van der Waals surface area contributed by atoms with E-state index in [2.05, 4.69) is 30.0 Å². The van der Waals surface area contributed by atoms with Crippen molar-refractivity contribution >= 4 is 16.8 Å². The molecule has 1 aromatic carbocycles. The molecule has 27 heavy (non-hydrogen) atoms. The second kappa shape index (κ2) is 7.08. The quantitative estimate of drug-likeness (QED) is 0.750. The Labute approximate surface area is 158 Å². The lowest BCUT2D eigenvalue weighted by Gasteiger charge is -2.35. The highest BCUT2D eigenvalue weighted by atomic mass is 16.1. The fraction of sp³-hybridized carbons (Fsp3) is 0.400. The van der Waals surface area contributed by atoms with E-state index < -0.39 is 0 Å². The molecule has 0 saturated heterocycles. The van der Waals surface area contributed by atoms with Gasteiger partial charge in [0.15, 0.2) is 0 Å². The van der Waals surface area contributed by atoms with Gasteiger partial charge in [-0.05, 0) is 51.2 Å². The monoisotopic (exact) mass is 364 g/mol. The standard InChI is InChI=1S/C20H24N6O/c1-25(2)12-18-23-24-19(26(18)3)15-10-16(11-15)22-20(27)14-6-7-17-13(9-14)5-4-8-21-17/h4-9,15-16H,10-12H2,1-3H3,(H,22,27). The first-order valence-corrected chi connectivity index (χ1v) is 9.20. The number of nitrogens with zero attached hydrogens (tertiary/aromatic N) is 5. The molecular formula is C20H24N6O. The molecule has 0 unspecified atom stereocenters. The van der Waals surface area contributed by atoms with Crippen LogP contribution < -0.4 is 5.32 Å². The summed E-state index contributed by atoms with van der Waals surface area (Å²) in [4.78, 5) is 18.9. The molecule has 1 N–H and O–H groups in total. The van der Waals surface area contributed by atoms with Gasteiger partial charge < -0.3 is 14.8 Å². The Kier molecular flexibility index (Phi) is 4.61. The van der Waals surface area contributed by atoms with Gasteiger partial charge in [-0.3, -0.25) is 9.78 Å². The molecule has 0 aliphatic heterocycles. The molecule has 0 radical (unpaired) electrons. The molecule has 2 heterocycles. The number of fused-ring (bicyclic) bond motifs is 1. The molecule has 1 aliphatic carbocycles. The maximum Gasteiger partial charge on any atom is 0.251 e. The van der Waals surface area contributed by atoms with E-state index in [-0.39, 0.29) is 11.9 Å². The number of rotatable bonds is 5. The van der Waals surface area contributed by atoms with Crippen molar-refractivity contribution in [2.24, 2.45) is 7.05 Å². The van der Waals surface area contributed by atoms with E-state index in [4.69, 9.17) is 0 Å². The number of nitrogens with one attached hydrogen (secondary N) is 1. The normalized spacial score (nSPS) is 19.3. The molecule has 7 heteroatoms. The van der Waals surface area contributed by atoms with Crippen LogP contribution in [0.2, 0.25) is 0 Å². The summed E-state index contributed by atoms with van der Waals surface area (Å²) in [6.45, 7) is 0.771. The van der Waals surface area contributed by atoms with Crippen molar-refractivity contribution in [2.45, 2.75) is 31.3 Å². The van der Waals surface area contributed by atoms with Crippen molar-refractivity contribution in [1.82, 2.24) is 30.0 Å². The second-order valence-electron chi connectivity index (χ2n) is 7.52. The van der Waals surface area contributed by atoms with Crippen molar-refractivity contribution in [3.05, 3.63) is 53.7 Å². The van der Waals surface area contributed by atoms with Crippen LogP contribution >= 0.6 is 0 Å². The van der Waals surface area contributed by atoms with Gasteiger partial charge in [0.25, 0.3) is 5.91 Å². The van der Waals surface area contributed by atoms with Gasteiger partial charge in [-0.2, -0.15) is 0 Å². The van der Waals surface area contributed by atoms with Gasteiger partial charge in [0.05, 0.1) is 12.1 Å². The highest BCUT2D eigenvalue weighted by Gasteiger charge is 2.35. The molecule has 1 fully saturated rings. The first kappa shape index (κ1) is 17.6. The zero-order valence-electron chi connectivity index (χ0n) is 15.9. The van der Waals surface area contributed by atoms with Crippen molar-refractivity contribution < 1.29 is 4.79 Å². The molecule has 140 valence electrons. The van der Waals surface area contributed by atoms with E-state index >= 15 is 0 Å². The van der Waals surface area contributed by atoms with Crippen molar-refractivity contribution in [2.75, 3.05) is 14.1 Å². The first-order chi connectivity index (χ1) is 13.0. The Morgan fingerprint density at radius 2 is 2.07 bits per heavy atom. The molecular weight excluding hydrogens is 340 g/mol. The summed E-state index contributed by atoms with van der Waals surface area (Å²) >= 11 is 0. The number of amides is 1. The van der Waals surface area contributed by atoms with Crippen LogP contribution in [0, 0.1) is 0 Å². The molecule has 0 atom stereocenters. The number of benzene rings is 1. The van der Waals surface area contributed by atoms with Gasteiger partial charge in [0, 0.05) is 36.2 Å². The predicted octanol–water partition coefficient (Wildman–Crippen LogP) is 2.10. The molecule has 7 nitrogen and oxygen atoms in total. The highest BCUT2D eigenvalue weighted by molar-refractivity contribution is 5.98. The molecule has 2 aromatic heterocycles. The van der Waals surface area contributed by atoms with Crippen LogP contribution in [0.5, 0.6) is 0 Å². The minimum Gasteiger partial charge on any atom is -0.349 e. The first-order valence-electron chi connectivity index (χ1n) is 9.20. The van der Waals surface area contributed by atoms with E-state index in [9.17, 15) is 4.79 Å². The maximum atomic E-state index is 12.6. The van der Waals surface area contributed by atoms with Crippen molar-refractivity contribution in [1.29, 1.82) is 0 Å². The topological polar surface area (TPSA) is 75.9 Å². The molecule has 1 saturated carbocycles. The lowest BCUT2D eigenvalue weighted by atomic mass is 9.79. The van der Waals surface area contributed by atoms with Gasteiger partial charge in [0.1, 0.15) is 11.6 Å². The fourth-order valence-corrected chi connectivity index (χ4v) is 3.58. The minimum atomic E-state index is -0.0320. The van der Waals surface area contributed by atoms with Gasteiger partial charge in [-0.15, -0.1) is 10.2 Å². The number of carbonyl (C=O) groups excluding carboxylic acids is 1. The second-order valence-corrected chi connectivity index (χ2v) is 7.52. The minimum absolute atomic E-state index is 0.0320. The van der Waals surface area contributed by atoms with E-state index in [0.29, 0.717) is 11.5 Å². The highest BCUT2D eigenvalue weighted by Crippen LogP contribution is 2.36. The Morgan fingerprint density at radius 1 is 1.26 bits per heavy atom. The number of hydrogen-bond donors (Lipinski definition) is 1. The van der Waals surface area contributed by atoms with E-state index in [0.717, 1.165) is 41.9 Å². The molecule has 0 spiro atoms. The van der Waals surface area contributed by atoms with Crippen LogP contribution in [0.25, 0.3) is 10.9 Å². The molecule has 1 amide bonds. The van der Waals surface area contributed by atoms with E-state index in [1.807, 2.05) is 51.5 Å². The summed E-state index contributed by atoms with van der Waals surface area (Å²) in [5, 5.41) is 12.8. The lowest BCUT2D eigenvalue weighted by Crippen LogP contribution is -2.44. The van der Waals surface area contributed by atoms with Crippen LogP contribution in [0.3, 0.4) is 0 Å². The Morgan fingerprint density at radius 3 is 2.85 bits per heavy atom. The van der Waals surface area contributed by atoms with E-state index in [1.54, 1.807) is 6.20 Å². The third kappa shape index (κ3) is 3.55. The van der Waals surface area contributed by atoms with Gasteiger partial charge in [0.2, 0.25) is 0 Å². The van der Waals surface area contributed by atoms with Crippen molar-refractivity contribution in [3.63, 3.8) is 0 Å². The third-order valence-electron chi connectivity index (χ3n) is 5.16. The summed E-state index contributed by atoms with van der Waals surface area (Å²) in [5.74, 6) is 2.29. The Balaban J connectivity index is 1.37. The predicted molar refractivity (Wildman–Crippen MR) is 103 cm³/mol. The molecule has 3 aromatic rings. The summed E-state index contributed by atoms with van der Waals surface area (Å²) in [5.41, 5.74) is 1.57. The molecule has 0 bridgehead atoms. The van der Waals surface area contributed by atoms with Crippen LogP contribution in [0.1, 0.15) is 40.8 Å². The number of carbonyl (C=O) groups is 1. The Hall–Kier alpha value is -2.80.